The van der Waals surface area contributed by atoms with Crippen LogP contribution < -0.4 is 23.8 Å². The minimum Gasteiger partial charge on any atom is -0.497 e. The van der Waals surface area contributed by atoms with E-state index in [2.05, 4.69) is 0 Å². The molecule has 11 heteroatoms. The molecule has 0 fully saturated rings. The van der Waals surface area contributed by atoms with Crippen molar-refractivity contribution in [2.45, 2.75) is 12.6 Å². The normalized spacial score (nSPS) is 11.7. The van der Waals surface area contributed by atoms with Crippen LogP contribution in [0.2, 0.25) is 5.02 Å². The van der Waals surface area contributed by atoms with E-state index in [9.17, 15) is 19.1 Å². The van der Waals surface area contributed by atoms with Crippen LogP contribution in [0.1, 0.15) is 22.8 Å². The molecular weight excluding hydrogens is 533 g/mol. The van der Waals surface area contributed by atoms with Gasteiger partial charge in [-0.15, -0.1) is 0 Å². The maximum absolute atomic E-state index is 14.9. The Bertz CT molecular complexity index is 1390. The summed E-state index contributed by atoms with van der Waals surface area (Å²) in [5.74, 6) is -1.60. The summed E-state index contributed by atoms with van der Waals surface area (Å²) >= 11 is 6.11. The van der Waals surface area contributed by atoms with Crippen molar-refractivity contribution in [3.8, 4) is 23.0 Å². The molecule has 0 bridgehead atoms. The molecule has 0 spiro atoms. The number of carboxylic acids is 1. The Morgan fingerprint density at radius 2 is 1.67 bits per heavy atom. The zero-order valence-corrected chi connectivity index (χ0v) is 22.4. The fourth-order valence-corrected chi connectivity index (χ4v) is 4.14. The van der Waals surface area contributed by atoms with Gasteiger partial charge in [0.15, 0.2) is 11.5 Å². The van der Waals surface area contributed by atoms with Crippen LogP contribution in [0.5, 0.6) is 23.0 Å². The third-order valence-electron chi connectivity index (χ3n) is 5.84. The van der Waals surface area contributed by atoms with Crippen molar-refractivity contribution >= 4 is 29.2 Å². The summed E-state index contributed by atoms with van der Waals surface area (Å²) in [4.78, 5) is 25.6. The van der Waals surface area contributed by atoms with Gasteiger partial charge < -0.3 is 34.1 Å². The van der Waals surface area contributed by atoms with Gasteiger partial charge in [-0.3, -0.25) is 4.79 Å². The standard InChI is InChI=1S/C28H27ClFNO8/c1-36-17-9-8-16(24(12-17)38-3)15-31(25(32)10-11-26(33)34)22-14-21(30)20(29)13-19(22)27(35)18-6-5-7-23(37-2)28(18)39-4/h5-14,27,35H,15H2,1-4H3,(H,33,34). The van der Waals surface area contributed by atoms with Gasteiger partial charge in [-0.2, -0.15) is 0 Å². The highest BCUT2D eigenvalue weighted by Gasteiger charge is 2.28. The molecule has 39 heavy (non-hydrogen) atoms. The number of aliphatic hydroxyl groups is 1. The van der Waals surface area contributed by atoms with Crippen LogP contribution in [0.4, 0.5) is 10.1 Å². The Morgan fingerprint density at radius 1 is 0.949 bits per heavy atom. The molecule has 9 nitrogen and oxygen atoms in total. The zero-order valence-electron chi connectivity index (χ0n) is 21.6. The molecule has 206 valence electrons. The van der Waals surface area contributed by atoms with Gasteiger partial charge in [-0.1, -0.05) is 23.7 Å². The molecule has 3 aromatic rings. The Balaban J connectivity index is 2.24. The van der Waals surface area contributed by atoms with E-state index in [1.54, 1.807) is 36.4 Å². The van der Waals surface area contributed by atoms with Crippen molar-refractivity contribution in [3.05, 3.63) is 88.2 Å². The first-order valence-corrected chi connectivity index (χ1v) is 11.8. The first-order chi connectivity index (χ1) is 18.6. The van der Waals surface area contributed by atoms with E-state index in [1.807, 2.05) is 0 Å². The second-order valence-corrected chi connectivity index (χ2v) is 8.49. The average molecular weight is 560 g/mol. The van der Waals surface area contributed by atoms with Crippen molar-refractivity contribution < 1.29 is 43.1 Å². The Labute approximate surface area is 229 Å². The van der Waals surface area contributed by atoms with Crippen LogP contribution in [-0.4, -0.2) is 50.5 Å². The monoisotopic (exact) mass is 559 g/mol. The van der Waals surface area contributed by atoms with Crippen LogP contribution in [0.15, 0.2) is 60.7 Å². The second kappa shape index (κ2) is 13.0. The van der Waals surface area contributed by atoms with Gasteiger partial charge in [0.25, 0.3) is 5.91 Å². The third-order valence-corrected chi connectivity index (χ3v) is 6.13. The maximum Gasteiger partial charge on any atom is 0.328 e. The summed E-state index contributed by atoms with van der Waals surface area (Å²) in [6, 6.07) is 11.9. The van der Waals surface area contributed by atoms with Crippen molar-refractivity contribution in [3.63, 3.8) is 0 Å². The number of amides is 1. The lowest BCUT2D eigenvalue weighted by Gasteiger charge is -2.28. The Hall–Kier alpha value is -4.28. The van der Waals surface area contributed by atoms with Gasteiger partial charge in [0.1, 0.15) is 23.4 Å². The molecule has 3 aromatic carbocycles. The number of carboxylic acid groups (broad SMARTS) is 1. The number of methoxy groups -OCH3 is 4. The number of nitrogens with zero attached hydrogens (tertiary/aromatic N) is 1. The van der Waals surface area contributed by atoms with Gasteiger partial charge in [0, 0.05) is 34.9 Å². The number of para-hydroxylation sites is 1. The number of carbonyl (C=O) groups excluding carboxylic acids is 1. The lowest BCUT2D eigenvalue weighted by Crippen LogP contribution is -2.31. The predicted molar refractivity (Wildman–Crippen MR) is 143 cm³/mol. The highest BCUT2D eigenvalue weighted by atomic mass is 35.5. The number of hydrogen-bond acceptors (Lipinski definition) is 7. The number of anilines is 1. The summed E-state index contributed by atoms with van der Waals surface area (Å²) < 4.78 is 36.3. The first-order valence-electron chi connectivity index (χ1n) is 11.5. The van der Waals surface area contributed by atoms with Crippen molar-refractivity contribution in [1.29, 1.82) is 0 Å². The molecule has 1 atom stereocenters. The number of halogens is 2. The molecule has 0 aromatic heterocycles. The minimum absolute atomic E-state index is 0.0532. The highest BCUT2D eigenvalue weighted by molar-refractivity contribution is 6.31. The highest BCUT2D eigenvalue weighted by Crippen LogP contribution is 2.42. The van der Waals surface area contributed by atoms with Crippen molar-refractivity contribution in [2.75, 3.05) is 33.3 Å². The minimum atomic E-state index is -1.46. The molecule has 1 amide bonds. The number of carbonyl (C=O) groups is 2. The summed E-state index contributed by atoms with van der Waals surface area (Å²) in [5.41, 5.74) is 0.742. The molecule has 0 heterocycles. The van der Waals surface area contributed by atoms with Crippen LogP contribution in [-0.2, 0) is 16.1 Å². The lowest BCUT2D eigenvalue weighted by molar-refractivity contribution is -0.131. The number of hydrogen-bond donors (Lipinski definition) is 2. The summed E-state index contributed by atoms with van der Waals surface area (Å²) in [7, 11) is 5.75. The molecule has 0 aliphatic heterocycles. The first kappa shape index (κ1) is 29.3. The molecule has 0 radical (unpaired) electrons. The fourth-order valence-electron chi connectivity index (χ4n) is 3.97. The number of aliphatic hydroxyl groups excluding tert-OH is 1. The molecule has 0 aliphatic carbocycles. The number of aliphatic carboxylic acids is 1. The fraction of sp³-hybridized carbons (Fsp3) is 0.214. The van der Waals surface area contributed by atoms with E-state index in [0.717, 1.165) is 17.0 Å². The van der Waals surface area contributed by atoms with Gasteiger partial charge in [-0.25, -0.2) is 9.18 Å². The van der Waals surface area contributed by atoms with E-state index in [-0.39, 0.29) is 34.1 Å². The topological polar surface area (TPSA) is 115 Å². The van der Waals surface area contributed by atoms with E-state index in [0.29, 0.717) is 28.9 Å². The van der Waals surface area contributed by atoms with Crippen molar-refractivity contribution in [1.82, 2.24) is 0 Å². The summed E-state index contributed by atoms with van der Waals surface area (Å²) in [6.07, 6.45) is 0.0286. The quantitative estimate of drug-likeness (QED) is 0.323. The number of rotatable bonds is 11. The SMILES string of the molecule is COc1ccc(CN(C(=O)C=CC(=O)O)c2cc(F)c(Cl)cc2C(O)c2cccc(OC)c2OC)c(OC)c1. The molecular formula is C28H27ClFNO8. The van der Waals surface area contributed by atoms with Gasteiger partial charge in [-0.05, 0) is 30.3 Å². The van der Waals surface area contributed by atoms with E-state index in [1.165, 1.54) is 34.5 Å². The maximum atomic E-state index is 14.9. The van der Waals surface area contributed by atoms with Gasteiger partial charge >= 0.3 is 5.97 Å². The van der Waals surface area contributed by atoms with E-state index < -0.39 is 23.8 Å². The molecule has 1 unspecified atom stereocenters. The van der Waals surface area contributed by atoms with Gasteiger partial charge in [0.2, 0.25) is 0 Å². The Kier molecular flexibility index (Phi) is 9.75. The lowest BCUT2D eigenvalue weighted by atomic mass is 9.97. The smallest absolute Gasteiger partial charge is 0.328 e. The number of benzene rings is 3. The number of ether oxygens (including phenoxy) is 4. The molecule has 2 N–H and O–H groups in total. The molecule has 0 saturated carbocycles. The Morgan fingerprint density at radius 3 is 2.28 bits per heavy atom. The predicted octanol–water partition coefficient (Wildman–Crippen LogP) is 4.77. The van der Waals surface area contributed by atoms with Gasteiger partial charge in [0.05, 0.1) is 45.7 Å². The van der Waals surface area contributed by atoms with E-state index in [4.69, 9.17) is 35.7 Å². The average Bonchev–Trinajstić information content (AvgIpc) is 2.94. The van der Waals surface area contributed by atoms with Crippen LogP contribution in [0, 0.1) is 5.82 Å². The second-order valence-electron chi connectivity index (χ2n) is 8.08. The third kappa shape index (κ3) is 6.60. The van der Waals surface area contributed by atoms with Crippen LogP contribution in [0.3, 0.4) is 0 Å². The zero-order chi connectivity index (χ0) is 28.7. The molecule has 0 saturated heterocycles. The van der Waals surface area contributed by atoms with Crippen LogP contribution >= 0.6 is 11.6 Å². The molecule has 3 rings (SSSR count). The summed E-state index contributed by atoms with van der Waals surface area (Å²) in [5, 5.41) is 20.3. The van der Waals surface area contributed by atoms with Crippen LogP contribution in [0.25, 0.3) is 0 Å². The van der Waals surface area contributed by atoms with Crippen molar-refractivity contribution in [2.24, 2.45) is 0 Å². The van der Waals surface area contributed by atoms with E-state index >= 15 is 0 Å². The summed E-state index contributed by atoms with van der Waals surface area (Å²) in [6.45, 7) is -0.188. The largest absolute Gasteiger partial charge is 0.497 e. The molecule has 0 aliphatic rings.